The van der Waals surface area contributed by atoms with E-state index >= 15 is 0 Å². The Labute approximate surface area is 151 Å². The Hall–Kier alpha value is -0.830. The topological polar surface area (TPSA) is 57.5 Å². The fraction of sp³-hybridized carbons (Fsp3) is 0.733. The molecule has 0 fully saturated rings. The summed E-state index contributed by atoms with van der Waals surface area (Å²) >= 11 is 0. The first-order chi connectivity index (χ1) is 10.2. The van der Waals surface area contributed by atoms with Crippen molar-refractivity contribution in [3.8, 4) is 0 Å². The molecule has 0 aliphatic carbocycles. The number of hydrogen-bond donors (Lipinski definition) is 2. The van der Waals surface area contributed by atoms with Gasteiger partial charge in [0.05, 0.1) is 12.2 Å². The first kappa shape index (κ1) is 21.2. The first-order valence-corrected chi connectivity index (χ1v) is 7.85. The molecule has 22 heavy (non-hydrogen) atoms. The van der Waals surface area contributed by atoms with E-state index in [-0.39, 0.29) is 24.0 Å². The van der Waals surface area contributed by atoms with Crippen LogP contribution < -0.4 is 10.6 Å². The first-order valence-electron chi connectivity index (χ1n) is 7.85. The van der Waals surface area contributed by atoms with Crippen molar-refractivity contribution in [3.63, 3.8) is 0 Å². The quantitative estimate of drug-likeness (QED) is 0.362. The third-order valence-electron chi connectivity index (χ3n) is 3.35. The van der Waals surface area contributed by atoms with Gasteiger partial charge < -0.3 is 15.5 Å². The number of nitrogens with one attached hydrogen (secondary N) is 2. The predicted molar refractivity (Wildman–Crippen MR) is 104 cm³/mol. The summed E-state index contributed by atoms with van der Waals surface area (Å²) in [6.07, 6.45) is 4.30. The van der Waals surface area contributed by atoms with Crippen LogP contribution in [0.5, 0.6) is 0 Å². The summed E-state index contributed by atoms with van der Waals surface area (Å²) in [5.41, 5.74) is 1.10. The van der Waals surface area contributed by atoms with Gasteiger partial charge in [-0.25, -0.2) is 4.99 Å². The van der Waals surface area contributed by atoms with Crippen molar-refractivity contribution < 1.29 is 0 Å². The normalized spacial score (nSPS) is 11.4. The van der Waals surface area contributed by atoms with Crippen LogP contribution in [0.1, 0.15) is 32.4 Å². The lowest BCUT2D eigenvalue weighted by Crippen LogP contribution is -2.41. The van der Waals surface area contributed by atoms with E-state index in [0.29, 0.717) is 6.54 Å². The van der Waals surface area contributed by atoms with Crippen LogP contribution in [0.15, 0.2) is 17.3 Å². The van der Waals surface area contributed by atoms with Crippen molar-refractivity contribution in [2.24, 2.45) is 12.0 Å². The van der Waals surface area contributed by atoms with Crippen LogP contribution in [0.4, 0.5) is 0 Å². The smallest absolute Gasteiger partial charge is 0.191 e. The number of aromatic nitrogens is 2. The highest BCUT2D eigenvalue weighted by atomic mass is 127. The molecule has 1 rings (SSSR count). The second-order valence-corrected chi connectivity index (χ2v) is 5.22. The Balaban J connectivity index is 0.00000441. The highest BCUT2D eigenvalue weighted by Crippen LogP contribution is 1.98. The molecular formula is C15H31IN6. The lowest BCUT2D eigenvalue weighted by atomic mass is 10.3. The highest BCUT2D eigenvalue weighted by molar-refractivity contribution is 14.0. The molecule has 0 atom stereocenters. The average Bonchev–Trinajstić information content (AvgIpc) is 2.88. The summed E-state index contributed by atoms with van der Waals surface area (Å²) < 4.78 is 1.85. The van der Waals surface area contributed by atoms with Crippen molar-refractivity contribution in [3.05, 3.63) is 18.0 Å². The fourth-order valence-corrected chi connectivity index (χ4v) is 1.96. The highest BCUT2D eigenvalue weighted by Gasteiger charge is 2.01. The summed E-state index contributed by atoms with van der Waals surface area (Å²) in [4.78, 5) is 6.94. The van der Waals surface area contributed by atoms with Crippen LogP contribution in [-0.2, 0) is 13.6 Å². The average molecular weight is 422 g/mol. The molecule has 1 heterocycles. The van der Waals surface area contributed by atoms with Gasteiger partial charge in [0.1, 0.15) is 0 Å². The molecule has 7 heteroatoms. The molecule has 0 spiro atoms. The van der Waals surface area contributed by atoms with Crippen LogP contribution in [0.2, 0.25) is 0 Å². The molecule has 1 aromatic rings. The van der Waals surface area contributed by atoms with Crippen molar-refractivity contribution in [2.45, 2.75) is 33.2 Å². The number of hydrogen-bond acceptors (Lipinski definition) is 3. The molecule has 0 aromatic carbocycles. The number of nitrogens with zero attached hydrogens (tertiary/aromatic N) is 4. The van der Waals surface area contributed by atoms with Gasteiger partial charge in [0.25, 0.3) is 0 Å². The third kappa shape index (κ3) is 8.57. The Bertz CT molecular complexity index is 418. The minimum Gasteiger partial charge on any atom is -0.357 e. The van der Waals surface area contributed by atoms with Gasteiger partial charge in [-0.3, -0.25) is 4.68 Å². The largest absolute Gasteiger partial charge is 0.357 e. The molecule has 0 radical (unpaired) electrons. The Morgan fingerprint density at radius 3 is 2.68 bits per heavy atom. The summed E-state index contributed by atoms with van der Waals surface area (Å²) in [7, 11) is 4.10. The van der Waals surface area contributed by atoms with Crippen LogP contribution in [0.3, 0.4) is 0 Å². The second kappa shape index (κ2) is 12.7. The molecule has 0 saturated carbocycles. The molecular weight excluding hydrogens is 391 g/mol. The minimum absolute atomic E-state index is 0. The van der Waals surface area contributed by atoms with Crippen molar-refractivity contribution in [1.82, 2.24) is 25.3 Å². The van der Waals surface area contributed by atoms with Crippen LogP contribution in [0, 0.1) is 0 Å². The van der Waals surface area contributed by atoms with Crippen molar-refractivity contribution in [2.75, 3.05) is 33.2 Å². The van der Waals surface area contributed by atoms with E-state index in [4.69, 9.17) is 0 Å². The fourth-order valence-electron chi connectivity index (χ4n) is 1.96. The monoisotopic (exact) mass is 422 g/mol. The Morgan fingerprint density at radius 2 is 2.09 bits per heavy atom. The van der Waals surface area contributed by atoms with Gasteiger partial charge in [-0.05, 0) is 33.0 Å². The molecule has 0 bridgehead atoms. The van der Waals surface area contributed by atoms with E-state index in [0.717, 1.165) is 37.8 Å². The Morgan fingerprint density at radius 1 is 1.32 bits per heavy atom. The molecule has 1 aromatic heterocycles. The Kier molecular flexibility index (Phi) is 12.2. The van der Waals surface area contributed by atoms with E-state index < -0.39 is 0 Å². The molecule has 0 saturated heterocycles. The van der Waals surface area contributed by atoms with E-state index in [1.165, 1.54) is 12.8 Å². The zero-order chi connectivity index (χ0) is 15.5. The lowest BCUT2D eigenvalue weighted by molar-refractivity contribution is 0.332. The molecule has 0 aliphatic heterocycles. The number of rotatable bonds is 9. The predicted octanol–water partition coefficient (Wildman–Crippen LogP) is 1.83. The third-order valence-corrected chi connectivity index (χ3v) is 3.35. The van der Waals surface area contributed by atoms with Gasteiger partial charge in [-0.15, -0.1) is 24.0 Å². The van der Waals surface area contributed by atoms with Gasteiger partial charge in [-0.2, -0.15) is 5.10 Å². The van der Waals surface area contributed by atoms with Gasteiger partial charge in [0.15, 0.2) is 5.96 Å². The summed E-state index contributed by atoms with van der Waals surface area (Å²) in [6.45, 7) is 8.88. The molecule has 0 amide bonds. The van der Waals surface area contributed by atoms with E-state index in [2.05, 4.69) is 46.5 Å². The number of halogens is 1. The maximum atomic E-state index is 4.59. The SMILES string of the molecule is CCCCN(C)CCNC(=NCc1ccnn1C)NCC.I. The van der Waals surface area contributed by atoms with Crippen molar-refractivity contribution in [1.29, 1.82) is 0 Å². The molecule has 128 valence electrons. The number of unbranched alkanes of at least 4 members (excludes halogenated alkanes) is 1. The molecule has 2 N–H and O–H groups in total. The zero-order valence-corrected chi connectivity index (χ0v) is 16.6. The number of guanidine groups is 1. The lowest BCUT2D eigenvalue weighted by Gasteiger charge is -2.17. The molecule has 6 nitrogen and oxygen atoms in total. The molecule has 0 unspecified atom stereocenters. The number of likely N-dealkylation sites (N-methyl/N-ethyl adjacent to an activating group) is 1. The van der Waals surface area contributed by atoms with Crippen molar-refractivity contribution >= 4 is 29.9 Å². The standard InChI is InChI=1S/C15H30N6.HI/c1-5-7-11-20(3)12-10-17-15(16-6-2)18-13-14-8-9-19-21(14)4;/h8-9H,5-7,10-13H2,1-4H3,(H2,16,17,18);1H. The van der Waals surface area contributed by atoms with Gasteiger partial charge in [-0.1, -0.05) is 13.3 Å². The van der Waals surface area contributed by atoms with Gasteiger partial charge in [0.2, 0.25) is 0 Å². The molecule has 0 aliphatic rings. The van der Waals surface area contributed by atoms with Crippen LogP contribution in [-0.4, -0.2) is 53.9 Å². The van der Waals surface area contributed by atoms with E-state index in [9.17, 15) is 0 Å². The summed E-state index contributed by atoms with van der Waals surface area (Å²) in [5, 5.41) is 10.8. The summed E-state index contributed by atoms with van der Waals surface area (Å²) in [5.74, 6) is 0.864. The van der Waals surface area contributed by atoms with Crippen LogP contribution >= 0.6 is 24.0 Å². The summed E-state index contributed by atoms with van der Waals surface area (Å²) in [6, 6.07) is 1.99. The van der Waals surface area contributed by atoms with Gasteiger partial charge in [0, 0.05) is 32.9 Å². The zero-order valence-electron chi connectivity index (χ0n) is 14.3. The van der Waals surface area contributed by atoms with Crippen LogP contribution in [0.25, 0.3) is 0 Å². The maximum absolute atomic E-state index is 4.59. The maximum Gasteiger partial charge on any atom is 0.191 e. The number of aliphatic imine (C=N–C) groups is 1. The van der Waals surface area contributed by atoms with Gasteiger partial charge >= 0.3 is 0 Å². The number of aryl methyl sites for hydroxylation is 1. The second-order valence-electron chi connectivity index (χ2n) is 5.22. The van der Waals surface area contributed by atoms with E-state index in [1.807, 2.05) is 17.8 Å². The van der Waals surface area contributed by atoms with E-state index in [1.54, 1.807) is 6.20 Å². The minimum atomic E-state index is 0.